The van der Waals surface area contributed by atoms with Crippen molar-refractivity contribution in [3.05, 3.63) is 0 Å². The third-order valence-electron chi connectivity index (χ3n) is 2.62. The number of sulfonamides is 1. The van der Waals surface area contributed by atoms with Gasteiger partial charge in [0.1, 0.15) is 0 Å². The van der Waals surface area contributed by atoms with Crippen molar-refractivity contribution in [1.82, 2.24) is 4.31 Å². The molecule has 1 aliphatic heterocycles. The fourth-order valence-electron chi connectivity index (χ4n) is 1.76. The van der Waals surface area contributed by atoms with E-state index >= 15 is 0 Å². The Morgan fingerprint density at radius 1 is 1.35 bits per heavy atom. The predicted molar refractivity (Wildman–Crippen MR) is 55.9 cm³/mol. The molecule has 4 nitrogen and oxygen atoms in total. The number of β-amino-alcohol motifs (C(OH)–C–C–N with tert-alkyl or cyclic N) is 1. The van der Waals surface area contributed by atoms with Crippen LogP contribution in [0.3, 0.4) is 0 Å². The Kier molecular flexibility index (Phi) is 4.79. The first-order valence-electron chi connectivity index (χ1n) is 5.43. The van der Waals surface area contributed by atoms with E-state index < -0.39 is 40.9 Å². The first-order valence-corrected chi connectivity index (χ1v) is 7.04. The molecule has 1 saturated heterocycles. The quantitative estimate of drug-likeness (QED) is 0.836. The maximum Gasteiger partial charge on any atom is 0.389 e. The maximum atomic E-state index is 11.9. The second-order valence-corrected chi connectivity index (χ2v) is 6.28. The maximum absolute atomic E-state index is 11.9. The summed E-state index contributed by atoms with van der Waals surface area (Å²) in [6.07, 6.45) is -5.48. The zero-order valence-corrected chi connectivity index (χ0v) is 10.1. The largest absolute Gasteiger partial charge is 0.392 e. The lowest BCUT2D eigenvalue weighted by molar-refractivity contribution is -0.134. The molecule has 8 heteroatoms. The number of hydrogen-bond donors (Lipinski definition) is 1. The number of aliphatic hydroxyl groups is 1. The monoisotopic (exact) mass is 275 g/mol. The van der Waals surface area contributed by atoms with E-state index in [4.69, 9.17) is 0 Å². The Morgan fingerprint density at radius 2 is 2.00 bits per heavy atom. The molecule has 0 aromatic rings. The topological polar surface area (TPSA) is 57.6 Å². The number of halogens is 3. The van der Waals surface area contributed by atoms with Crippen LogP contribution in [0.1, 0.15) is 25.7 Å². The lowest BCUT2D eigenvalue weighted by Crippen LogP contribution is -2.43. The van der Waals surface area contributed by atoms with Gasteiger partial charge in [-0.2, -0.15) is 17.5 Å². The number of nitrogens with zero attached hydrogens (tertiary/aromatic N) is 1. The van der Waals surface area contributed by atoms with Gasteiger partial charge < -0.3 is 5.11 Å². The van der Waals surface area contributed by atoms with E-state index in [0.29, 0.717) is 12.8 Å². The van der Waals surface area contributed by atoms with Crippen LogP contribution >= 0.6 is 0 Å². The van der Waals surface area contributed by atoms with Gasteiger partial charge in [0.15, 0.2) is 0 Å². The van der Waals surface area contributed by atoms with Crippen molar-refractivity contribution in [2.75, 3.05) is 18.8 Å². The first kappa shape index (κ1) is 14.7. The third kappa shape index (κ3) is 5.22. The van der Waals surface area contributed by atoms with Crippen molar-refractivity contribution in [2.24, 2.45) is 0 Å². The van der Waals surface area contributed by atoms with E-state index in [-0.39, 0.29) is 13.1 Å². The summed E-state index contributed by atoms with van der Waals surface area (Å²) < 4.78 is 60.1. The molecule has 0 amide bonds. The summed E-state index contributed by atoms with van der Waals surface area (Å²) in [5.41, 5.74) is 0. The fourth-order valence-corrected chi connectivity index (χ4v) is 3.33. The van der Waals surface area contributed by atoms with E-state index in [1.165, 1.54) is 0 Å². The van der Waals surface area contributed by atoms with Crippen molar-refractivity contribution in [3.8, 4) is 0 Å². The smallest absolute Gasteiger partial charge is 0.389 e. The van der Waals surface area contributed by atoms with Crippen LogP contribution in [-0.4, -0.2) is 49.0 Å². The highest BCUT2D eigenvalue weighted by Crippen LogP contribution is 2.22. The zero-order chi connectivity index (χ0) is 13.1. The predicted octanol–water partition coefficient (Wildman–Crippen LogP) is 1.12. The van der Waals surface area contributed by atoms with Crippen LogP contribution in [0, 0.1) is 0 Å². The summed E-state index contributed by atoms with van der Waals surface area (Å²) in [6, 6.07) is 0. The highest BCUT2D eigenvalue weighted by molar-refractivity contribution is 7.89. The second kappa shape index (κ2) is 5.53. The van der Waals surface area contributed by atoms with E-state index in [1.54, 1.807) is 0 Å². The van der Waals surface area contributed by atoms with E-state index in [1.807, 2.05) is 0 Å². The van der Waals surface area contributed by atoms with Gasteiger partial charge in [0.05, 0.1) is 11.9 Å². The lowest BCUT2D eigenvalue weighted by atomic mass is 10.1. The van der Waals surface area contributed by atoms with Crippen molar-refractivity contribution in [2.45, 2.75) is 38.0 Å². The molecule has 1 atom stereocenters. The molecule has 102 valence electrons. The molecular formula is C9H16F3NO3S. The number of piperidine rings is 1. The molecule has 0 spiro atoms. The van der Waals surface area contributed by atoms with E-state index in [2.05, 4.69) is 0 Å². The standard InChI is InChI=1S/C9H16F3NO3S/c10-9(11,12)4-2-6-17(15,16)13-5-1-3-8(14)7-13/h8,14H,1-7H2/t8-/m0/s1. The van der Waals surface area contributed by atoms with Crippen LogP contribution < -0.4 is 0 Å². The van der Waals surface area contributed by atoms with E-state index in [0.717, 1.165) is 4.31 Å². The fraction of sp³-hybridized carbons (Fsp3) is 1.00. The van der Waals surface area contributed by atoms with Gasteiger partial charge in [-0.05, 0) is 19.3 Å². The number of hydrogen-bond acceptors (Lipinski definition) is 3. The molecule has 1 aliphatic rings. The van der Waals surface area contributed by atoms with Crippen molar-refractivity contribution in [1.29, 1.82) is 0 Å². The number of alkyl halides is 3. The van der Waals surface area contributed by atoms with E-state index in [9.17, 15) is 26.7 Å². The molecule has 0 saturated carbocycles. The highest BCUT2D eigenvalue weighted by Gasteiger charge is 2.31. The summed E-state index contributed by atoms with van der Waals surface area (Å²) in [4.78, 5) is 0. The minimum absolute atomic E-state index is 0.00560. The van der Waals surface area contributed by atoms with Gasteiger partial charge in [0.2, 0.25) is 10.0 Å². The van der Waals surface area contributed by atoms with Gasteiger partial charge in [-0.15, -0.1) is 0 Å². The Morgan fingerprint density at radius 3 is 2.53 bits per heavy atom. The van der Waals surface area contributed by atoms with Crippen LogP contribution in [0.5, 0.6) is 0 Å². The molecule has 1 N–H and O–H groups in total. The lowest BCUT2D eigenvalue weighted by Gasteiger charge is -2.29. The van der Waals surface area contributed by atoms with Crippen LogP contribution in [0.15, 0.2) is 0 Å². The summed E-state index contributed by atoms with van der Waals surface area (Å²) in [7, 11) is -3.67. The molecule has 0 bridgehead atoms. The number of aliphatic hydroxyl groups excluding tert-OH is 1. The average molecular weight is 275 g/mol. The van der Waals surface area contributed by atoms with Gasteiger partial charge in [-0.25, -0.2) is 8.42 Å². The Labute approximate surface area is 98.5 Å². The summed E-state index contributed by atoms with van der Waals surface area (Å²) >= 11 is 0. The minimum Gasteiger partial charge on any atom is -0.392 e. The Balaban J connectivity index is 2.45. The molecule has 0 unspecified atom stereocenters. The molecule has 1 fully saturated rings. The first-order chi connectivity index (χ1) is 7.71. The molecule has 0 aromatic carbocycles. The Hall–Kier alpha value is -0.340. The molecule has 0 aliphatic carbocycles. The summed E-state index contributed by atoms with van der Waals surface area (Å²) in [6.45, 7) is 0.278. The molecule has 1 heterocycles. The average Bonchev–Trinajstić information content (AvgIpc) is 2.15. The van der Waals surface area contributed by atoms with Crippen molar-refractivity contribution >= 4 is 10.0 Å². The summed E-state index contributed by atoms with van der Waals surface area (Å²) in [5, 5.41) is 9.31. The highest BCUT2D eigenvalue weighted by atomic mass is 32.2. The van der Waals surface area contributed by atoms with Crippen LogP contribution in [0.25, 0.3) is 0 Å². The molecule has 1 rings (SSSR count). The summed E-state index contributed by atoms with van der Waals surface area (Å²) in [5.74, 6) is -0.515. The van der Waals surface area contributed by atoms with Gasteiger partial charge in [-0.3, -0.25) is 0 Å². The zero-order valence-electron chi connectivity index (χ0n) is 9.28. The molecule has 0 radical (unpaired) electrons. The second-order valence-electron chi connectivity index (χ2n) is 4.19. The minimum atomic E-state index is -4.32. The molecule has 17 heavy (non-hydrogen) atoms. The molecule has 0 aromatic heterocycles. The van der Waals surface area contributed by atoms with Crippen LogP contribution in [0.4, 0.5) is 13.2 Å². The molecular weight excluding hydrogens is 259 g/mol. The van der Waals surface area contributed by atoms with Crippen LogP contribution in [0.2, 0.25) is 0 Å². The van der Waals surface area contributed by atoms with Gasteiger partial charge >= 0.3 is 6.18 Å². The number of rotatable bonds is 4. The van der Waals surface area contributed by atoms with Crippen LogP contribution in [-0.2, 0) is 10.0 Å². The van der Waals surface area contributed by atoms with Gasteiger partial charge in [0, 0.05) is 19.5 Å². The van der Waals surface area contributed by atoms with Crippen molar-refractivity contribution < 1.29 is 26.7 Å². The normalized spacial score (nSPS) is 23.9. The van der Waals surface area contributed by atoms with Gasteiger partial charge in [-0.1, -0.05) is 0 Å². The SMILES string of the molecule is O=S(=O)(CCCC(F)(F)F)N1CCC[C@H](O)C1. The van der Waals surface area contributed by atoms with Gasteiger partial charge in [0.25, 0.3) is 0 Å². The van der Waals surface area contributed by atoms with Crippen molar-refractivity contribution in [3.63, 3.8) is 0 Å². The third-order valence-corrected chi connectivity index (χ3v) is 4.54. The Bertz CT molecular complexity index is 342.